The van der Waals surface area contributed by atoms with Gasteiger partial charge in [-0.1, -0.05) is 175 Å². The summed E-state index contributed by atoms with van der Waals surface area (Å²) < 4.78 is 0. The number of primary amides is 1. The van der Waals surface area contributed by atoms with Crippen LogP contribution in [-0.2, 0) is 110 Å². The van der Waals surface area contributed by atoms with Gasteiger partial charge in [0.2, 0.25) is 88.6 Å². The molecule has 6 aromatic carbocycles. The number of unbranched alkanes of at least 4 members (excludes halogenated alkanes) is 1. The van der Waals surface area contributed by atoms with Crippen molar-refractivity contribution in [2.45, 2.75) is 197 Å². The largest absolute Gasteiger partial charge is 0.508 e. The average molecular weight is 1800 g/mol. The van der Waals surface area contributed by atoms with Gasteiger partial charge < -0.3 is 98.6 Å². The van der Waals surface area contributed by atoms with Crippen molar-refractivity contribution in [2.75, 3.05) is 63.7 Å². The van der Waals surface area contributed by atoms with Crippen molar-refractivity contribution < 1.29 is 82.1 Å². The van der Waals surface area contributed by atoms with Gasteiger partial charge in [0.1, 0.15) is 90.5 Å². The van der Waals surface area contributed by atoms with Gasteiger partial charge in [-0.2, -0.15) is 0 Å². The summed E-state index contributed by atoms with van der Waals surface area (Å²) in [6.45, 7) is 7.28. The Morgan fingerprint density at radius 3 is 1.75 bits per heavy atom. The SMILES string of the molecule is CCCC[C@H]1C(=O)N2CCC[C@@H]2C(=O)N2C[C@H](N)C[C@H]2C(=O)N[C@@H](C(C)C)C(=O)N(C)[C@@H](Cc2ccccc2)C(=O)N[C@H]2Cc3ccc(O)cc3N(CC(=O)N[C@@H](Cc3c[nH]c4ccccc34)C(=O)NC(Cc3ccc(O)cc3)C(=O)N[C@@H](CC(C)C)C(=O)N[C@H](C(=O)NCC(N)=O)CSCC(=O)N[C@@H](Cc3ccccc3)C(=O)N(C)[C@@H](Cc3ccccc3)C(=O)N1C)C2=O. The molecule has 130 heavy (non-hydrogen) atoms. The Morgan fingerprint density at radius 1 is 0.538 bits per heavy atom. The van der Waals surface area contributed by atoms with Gasteiger partial charge in [0.05, 0.1) is 18.0 Å². The van der Waals surface area contributed by atoms with Crippen molar-refractivity contribution in [3.05, 3.63) is 197 Å². The normalized spacial score (nSPS) is 24.2. The van der Waals surface area contributed by atoms with Gasteiger partial charge in [-0.15, -0.1) is 11.8 Å². The molecule has 1 aromatic heterocycles. The highest BCUT2D eigenvalue weighted by molar-refractivity contribution is 8.00. The van der Waals surface area contributed by atoms with E-state index in [9.17, 15) is 24.6 Å². The Morgan fingerprint density at radius 2 is 1.11 bits per heavy atom. The van der Waals surface area contributed by atoms with Gasteiger partial charge in [0.15, 0.2) is 0 Å². The molecule has 13 atom stereocenters. The molecule has 7 aromatic rings. The molecule has 34 nitrogen and oxygen atoms in total. The minimum Gasteiger partial charge on any atom is -0.508 e. The standard InChI is InChI=1S/C95H119N17O17S/c1-9-10-31-74-93(127)110-39-22-32-75(110)94(128)111-51-63(96)47-78(111)89(123)106-83(56(4)5)95(129)108(7)77(43-58-25-16-12-17-26-58)88(122)104-72-45-61-35-38-65(114)48-76(61)112(91(72)125)52-81(116)100-70(46-62-49-98-67-30-21-20-29-66(62)67)87(121)103-69(41-60-33-36-64(113)37-34-60)86(120)102-68(40-55(2)3)85(119)105-73(84(118)99-50-80(97)115)53-130-54-82(117)101-71(42-57-23-14-11-15-24-57)90(124)109(8)79(92(126)107(74)6)44-59-27-18-13-19-28-59/h11-21,23-30,33-38,48-49,55-56,63,68-75,77-79,83,98,113-114H,9-10,22,31-32,39-47,50-54,96H2,1-8H3,(H2,97,115)(H,99,118)(H,100,116)(H,101,117)(H,102,120)(H,103,121)(H,104,122)(H,105,119)(H,106,123)/t63-,68+,69?,70+,71+,72+,73+,74+,75-,77+,78+,79+,83+/m1/s1. The smallest absolute Gasteiger partial charge is 0.250 e. The third kappa shape index (κ3) is 25.2. The van der Waals surface area contributed by atoms with E-state index in [0.717, 1.165) is 16.7 Å². The summed E-state index contributed by atoms with van der Waals surface area (Å²) >= 11 is 0.855. The number of hydrogen-bond acceptors (Lipinski definition) is 19. The fourth-order valence-electron chi connectivity index (χ4n) is 17.2. The molecule has 11 rings (SSSR count). The number of aromatic nitrogens is 1. The molecule has 1 unspecified atom stereocenters. The first kappa shape index (κ1) is 97.4. The second kappa shape index (κ2) is 45.2. The molecule has 4 aliphatic rings. The number of carbonyl (C=O) groups excluding carboxylic acids is 15. The molecule has 5 heterocycles. The van der Waals surface area contributed by atoms with E-state index in [1.165, 1.54) is 88.1 Å². The summed E-state index contributed by atoms with van der Waals surface area (Å²) in [4.78, 5) is 237. The number of anilines is 1. The number of para-hydroxylation sites is 1. The molecular formula is C95H119N17O17S. The van der Waals surface area contributed by atoms with Crippen molar-refractivity contribution in [1.29, 1.82) is 0 Å². The molecule has 3 fully saturated rings. The predicted octanol–water partition coefficient (Wildman–Crippen LogP) is 2.72. The number of H-pyrrole nitrogens is 1. The Hall–Kier alpha value is -13.2. The molecule has 35 heteroatoms. The lowest BCUT2D eigenvalue weighted by atomic mass is 9.95. The molecule has 692 valence electrons. The number of hydrogen-bond donors (Lipinski definition) is 13. The summed E-state index contributed by atoms with van der Waals surface area (Å²) in [5, 5.41) is 44.2. The molecule has 0 saturated carbocycles. The highest BCUT2D eigenvalue weighted by atomic mass is 32.2. The Labute approximate surface area is 759 Å². The minimum atomic E-state index is -1.59. The van der Waals surface area contributed by atoms with Crippen molar-refractivity contribution >= 4 is 117 Å². The summed E-state index contributed by atoms with van der Waals surface area (Å²) in [5.74, 6) is -14.3. The van der Waals surface area contributed by atoms with Crippen LogP contribution in [0, 0.1) is 11.8 Å². The van der Waals surface area contributed by atoms with E-state index >= 15 is 57.5 Å². The van der Waals surface area contributed by atoms with Crippen LogP contribution >= 0.6 is 11.8 Å². The van der Waals surface area contributed by atoms with Crippen LogP contribution in [0.4, 0.5) is 5.69 Å². The summed E-state index contributed by atoms with van der Waals surface area (Å²) in [6, 6.07) is 25.9. The van der Waals surface area contributed by atoms with Crippen molar-refractivity contribution in [3.63, 3.8) is 0 Å². The number of likely N-dealkylation sites (N-methyl/N-ethyl adjacent to an activating group) is 3. The fourth-order valence-corrected chi connectivity index (χ4v) is 18.0. The van der Waals surface area contributed by atoms with Crippen LogP contribution in [-0.4, -0.2) is 266 Å². The molecule has 15 N–H and O–H groups in total. The highest BCUT2D eigenvalue weighted by Gasteiger charge is 2.49. The van der Waals surface area contributed by atoms with Gasteiger partial charge in [-0.25, -0.2) is 0 Å². The van der Waals surface area contributed by atoms with E-state index < -0.39 is 192 Å². The lowest BCUT2D eigenvalue weighted by molar-refractivity contribution is -0.154. The first-order valence-electron chi connectivity index (χ1n) is 44.1. The lowest BCUT2D eigenvalue weighted by Gasteiger charge is -2.38. The van der Waals surface area contributed by atoms with Crippen molar-refractivity contribution in [2.24, 2.45) is 23.3 Å². The second-order valence-electron chi connectivity index (χ2n) is 34.7. The van der Waals surface area contributed by atoms with Crippen LogP contribution in [0.25, 0.3) is 10.9 Å². The minimum absolute atomic E-state index is 0.0467. The van der Waals surface area contributed by atoms with E-state index in [-0.39, 0.29) is 106 Å². The van der Waals surface area contributed by atoms with Crippen LogP contribution in [0.2, 0.25) is 0 Å². The summed E-state index contributed by atoms with van der Waals surface area (Å²) in [6.07, 6.45) is 2.18. The maximum absolute atomic E-state index is 15.8. The lowest BCUT2D eigenvalue weighted by Crippen LogP contribution is -2.62. The number of phenols is 2. The van der Waals surface area contributed by atoms with Gasteiger partial charge in [0.25, 0.3) is 0 Å². The molecule has 0 aliphatic carbocycles. The summed E-state index contributed by atoms with van der Waals surface area (Å²) in [5.41, 5.74) is 16.1. The van der Waals surface area contributed by atoms with Gasteiger partial charge >= 0.3 is 0 Å². The quantitative estimate of drug-likeness (QED) is 0.0553. The predicted molar refractivity (Wildman–Crippen MR) is 488 cm³/mol. The van der Waals surface area contributed by atoms with Crippen LogP contribution in [0.3, 0.4) is 0 Å². The number of nitrogens with two attached hydrogens (primary N) is 2. The maximum atomic E-state index is 15.8. The zero-order chi connectivity index (χ0) is 93.7. The molecule has 15 amide bonds. The monoisotopic (exact) mass is 1800 g/mol. The van der Waals surface area contributed by atoms with Crippen LogP contribution in [0.5, 0.6) is 11.5 Å². The van der Waals surface area contributed by atoms with E-state index in [1.54, 1.807) is 149 Å². The third-order valence-electron chi connectivity index (χ3n) is 24.2. The van der Waals surface area contributed by atoms with E-state index in [4.69, 9.17) is 11.5 Å². The summed E-state index contributed by atoms with van der Waals surface area (Å²) in [7, 11) is 4.28. The molecule has 3 saturated heterocycles. The second-order valence-corrected chi connectivity index (χ2v) is 35.7. The number of aromatic amines is 1. The van der Waals surface area contributed by atoms with Crippen molar-refractivity contribution in [1.82, 2.24) is 72.0 Å². The number of thioether (sulfide) groups is 1. The average Bonchev–Trinajstić information content (AvgIpc) is 1.24. The third-order valence-corrected chi connectivity index (χ3v) is 25.3. The number of phenolic OH excluding ortho intramolecular Hbond substituents is 2. The molecule has 0 spiro atoms. The molecule has 2 bridgehead atoms. The number of carbonyl (C=O) groups is 15. The fraction of sp³-hybridized carbons (Fsp3) is 0.442. The number of amides is 15. The van der Waals surface area contributed by atoms with E-state index in [1.807, 2.05) is 6.92 Å². The Kier molecular flexibility index (Phi) is 33.9. The first-order chi connectivity index (χ1) is 62.1. The number of nitrogens with one attached hydrogen (secondary N) is 9. The highest BCUT2D eigenvalue weighted by Crippen LogP contribution is 2.34. The van der Waals surface area contributed by atoms with Crippen LogP contribution in [0.15, 0.2) is 164 Å². The van der Waals surface area contributed by atoms with Gasteiger partial charge in [-0.3, -0.25) is 71.9 Å². The van der Waals surface area contributed by atoms with Crippen LogP contribution < -0.4 is 58.9 Å². The first-order valence-corrected chi connectivity index (χ1v) is 45.3. The number of rotatable bonds is 19. The van der Waals surface area contributed by atoms with Crippen molar-refractivity contribution in [3.8, 4) is 11.5 Å². The van der Waals surface area contributed by atoms with Gasteiger partial charge in [0, 0.05) is 108 Å². The topological polar surface area (TPSA) is 480 Å². The zero-order valence-electron chi connectivity index (χ0n) is 74.4. The zero-order valence-corrected chi connectivity index (χ0v) is 75.3. The number of benzene rings is 6. The van der Waals surface area contributed by atoms with Gasteiger partial charge in [-0.05, 0) is 102 Å². The Balaban J connectivity index is 0.967. The number of aromatic hydroxyl groups is 2. The van der Waals surface area contributed by atoms with Crippen LogP contribution in [0.1, 0.15) is 113 Å². The molecular weight excluding hydrogens is 1680 g/mol. The number of fused-ring (bicyclic) bond motifs is 7. The van der Waals surface area contributed by atoms with E-state index in [2.05, 4.69) is 47.5 Å². The molecule has 4 aliphatic heterocycles. The Bertz CT molecular complexity index is 5240. The number of nitrogens with zero attached hydrogens (tertiary/aromatic N) is 6. The maximum Gasteiger partial charge on any atom is 0.250 e. The van der Waals surface area contributed by atoms with E-state index in [0.29, 0.717) is 63.5 Å². The molecule has 0 radical (unpaired) electrons.